The lowest BCUT2D eigenvalue weighted by atomic mass is 9.87. The monoisotopic (exact) mass is 1020 g/mol. The molecule has 19 nitrogen and oxygen atoms in total. The number of pyridine rings is 1. The van der Waals surface area contributed by atoms with Crippen molar-refractivity contribution in [2.45, 2.75) is 69.7 Å². The highest BCUT2D eigenvalue weighted by atomic mass is 16.6. The van der Waals surface area contributed by atoms with Gasteiger partial charge in [0.1, 0.15) is 17.9 Å². The lowest BCUT2D eigenvalue weighted by Gasteiger charge is -2.46. The topological polar surface area (TPSA) is 200 Å². The minimum atomic E-state index is -1.32. The Labute approximate surface area is 436 Å². The molecule has 3 N–H and O–H groups in total. The molecule has 0 radical (unpaired) electrons. The third-order valence-corrected chi connectivity index (χ3v) is 15.3. The molecular formula is C56H67N11O8. The Hall–Kier alpha value is -7.35. The minimum absolute atomic E-state index is 0.0705. The molecule has 1 unspecified atom stereocenters. The molecule has 0 spiro atoms. The zero-order chi connectivity index (χ0) is 52.5. The number of carbonyl (C=O) groups is 4. The summed E-state index contributed by atoms with van der Waals surface area (Å²) in [5.74, 6) is 0.947. The molecule has 394 valence electrons. The molecule has 3 aliphatic heterocycles. The molecule has 1 aliphatic carbocycles. The third kappa shape index (κ3) is 10.4. The third-order valence-electron chi connectivity index (χ3n) is 15.3. The number of anilines is 2. The van der Waals surface area contributed by atoms with Crippen molar-refractivity contribution in [3.8, 4) is 16.9 Å². The van der Waals surface area contributed by atoms with E-state index in [-0.39, 0.29) is 55.1 Å². The Morgan fingerprint density at radius 3 is 2.43 bits per heavy atom. The number of rotatable bonds is 16. The SMILES string of the molecule is CNCCN(C)C(=O)OCC(OC1CC1)(c1ccccc1)c1nc(N2CCC(CN3C[C@@H](C)N(C(=O)c4ccc(OC)c(N5CCC(=O)NC5=O)c4)C[C@@H]3C)CC2)nc2ccc(-c3cn(C)c(=O)c4[nH]ccc34)cc12. The average Bonchev–Trinajstić information content (AvgIpc) is 4.11. The Morgan fingerprint density at radius 2 is 1.69 bits per heavy atom. The van der Waals surface area contributed by atoms with E-state index < -0.39 is 17.7 Å². The highest BCUT2D eigenvalue weighted by Gasteiger charge is 2.46. The Bertz CT molecular complexity index is 3170. The number of aromatic nitrogens is 4. The van der Waals surface area contributed by atoms with Crippen molar-refractivity contribution in [2.24, 2.45) is 13.0 Å². The van der Waals surface area contributed by atoms with E-state index in [0.717, 1.165) is 72.8 Å². The van der Waals surface area contributed by atoms with Crippen LogP contribution in [-0.4, -0.2) is 157 Å². The normalized spacial score (nSPS) is 19.6. The summed E-state index contributed by atoms with van der Waals surface area (Å²) in [5, 5.41) is 7.01. The van der Waals surface area contributed by atoms with E-state index in [2.05, 4.69) is 45.3 Å². The van der Waals surface area contributed by atoms with Gasteiger partial charge in [-0.15, -0.1) is 0 Å². The van der Waals surface area contributed by atoms with Crippen molar-refractivity contribution in [1.82, 2.24) is 44.9 Å². The standard InChI is InChI=1S/C56H67N11O8/c1-35-31-67(51(69)39-13-17-47(73-6)46(29-39)66-26-21-48(68)60-54(66)71)36(2)30-65(35)32-37-19-24-64(25-20-37)53-59-45-16-12-38(44-33-63(5)52(70)49-42(44)18-22-58-49)28-43(45)50(61-53)56(75-41-14-15-41,40-10-8-7-9-11-40)34-74-55(72)62(4)27-23-57-3/h7-13,16-18,22,28-29,33,35-37,41,57-58H,14-15,19-21,23-27,30-32,34H2,1-6H3,(H,60,68,71)/t35-,36+,56?/m0/s1. The first-order valence-electron chi connectivity index (χ1n) is 26.1. The summed E-state index contributed by atoms with van der Waals surface area (Å²) in [5.41, 5.74) is 3.82. The number of aromatic amines is 1. The molecule has 0 bridgehead atoms. The molecule has 3 aromatic carbocycles. The molecule has 4 fully saturated rings. The number of amides is 5. The summed E-state index contributed by atoms with van der Waals surface area (Å²) in [6.45, 7) is 8.94. The number of ether oxygens (including phenoxy) is 3. The molecule has 5 amide bonds. The zero-order valence-corrected chi connectivity index (χ0v) is 43.6. The number of hydrogen-bond donors (Lipinski definition) is 3. The summed E-state index contributed by atoms with van der Waals surface area (Å²) in [6.07, 6.45) is 6.77. The summed E-state index contributed by atoms with van der Waals surface area (Å²) in [4.78, 5) is 89.4. The van der Waals surface area contributed by atoms with Gasteiger partial charge < -0.3 is 43.8 Å². The molecule has 3 atom stereocenters. The number of imide groups is 1. The second-order valence-corrected chi connectivity index (χ2v) is 20.6. The van der Waals surface area contributed by atoms with Gasteiger partial charge in [0, 0.05) is 119 Å². The molecule has 1 saturated carbocycles. The quantitative estimate of drug-likeness (QED) is 0.101. The number of aryl methyl sites for hydroxylation is 1. The highest BCUT2D eigenvalue weighted by Crippen LogP contribution is 2.44. The number of likely N-dealkylation sites (N-methyl/N-ethyl adjacent to an activating group) is 2. The molecular weight excluding hydrogens is 955 g/mol. The fraction of sp³-hybridized carbons (Fsp3) is 0.446. The van der Waals surface area contributed by atoms with Gasteiger partial charge in [0.2, 0.25) is 11.9 Å². The van der Waals surface area contributed by atoms with Gasteiger partial charge in [-0.25, -0.2) is 19.6 Å². The number of H-pyrrole nitrogens is 1. The summed E-state index contributed by atoms with van der Waals surface area (Å²) >= 11 is 0. The number of carbonyl (C=O) groups excluding carboxylic acids is 4. The van der Waals surface area contributed by atoms with Gasteiger partial charge in [-0.2, -0.15) is 0 Å². The van der Waals surface area contributed by atoms with Crippen molar-refractivity contribution in [2.75, 3.05) is 90.0 Å². The minimum Gasteiger partial charge on any atom is -0.495 e. The van der Waals surface area contributed by atoms with Gasteiger partial charge in [-0.3, -0.25) is 29.5 Å². The maximum Gasteiger partial charge on any atom is 0.409 e. The van der Waals surface area contributed by atoms with Crippen LogP contribution in [0.25, 0.3) is 32.9 Å². The lowest BCUT2D eigenvalue weighted by molar-refractivity contribution is -0.120. The predicted molar refractivity (Wildman–Crippen MR) is 286 cm³/mol. The first kappa shape index (κ1) is 51.1. The fourth-order valence-corrected chi connectivity index (χ4v) is 10.9. The van der Waals surface area contributed by atoms with E-state index in [4.69, 9.17) is 24.2 Å². The molecule has 10 rings (SSSR count). The second-order valence-electron chi connectivity index (χ2n) is 20.6. The van der Waals surface area contributed by atoms with Crippen molar-refractivity contribution < 1.29 is 33.4 Å². The number of nitrogens with zero attached hydrogens (tertiary/aromatic N) is 8. The summed E-state index contributed by atoms with van der Waals surface area (Å²) in [6, 6.07) is 22.6. The molecule has 75 heavy (non-hydrogen) atoms. The van der Waals surface area contributed by atoms with Gasteiger partial charge in [-0.1, -0.05) is 36.4 Å². The van der Waals surface area contributed by atoms with Crippen LogP contribution in [0.2, 0.25) is 0 Å². The van der Waals surface area contributed by atoms with Crippen LogP contribution in [0.3, 0.4) is 0 Å². The van der Waals surface area contributed by atoms with Crippen LogP contribution in [-0.2, 0) is 26.9 Å². The van der Waals surface area contributed by atoms with Crippen LogP contribution in [0.15, 0.2) is 90.0 Å². The Balaban J connectivity index is 0.921. The van der Waals surface area contributed by atoms with Gasteiger partial charge in [0.25, 0.3) is 11.5 Å². The number of methoxy groups -OCH3 is 1. The average molecular weight is 1020 g/mol. The highest BCUT2D eigenvalue weighted by molar-refractivity contribution is 6.07. The first-order valence-corrected chi connectivity index (χ1v) is 26.1. The van der Waals surface area contributed by atoms with Crippen LogP contribution in [0.5, 0.6) is 5.75 Å². The van der Waals surface area contributed by atoms with E-state index in [9.17, 15) is 24.0 Å². The molecule has 6 heterocycles. The van der Waals surface area contributed by atoms with Gasteiger partial charge in [0.05, 0.1) is 30.1 Å². The number of piperidine rings is 1. The Kier molecular flexibility index (Phi) is 14.6. The Morgan fingerprint density at radius 1 is 0.907 bits per heavy atom. The lowest BCUT2D eigenvalue weighted by Crippen LogP contribution is -2.59. The van der Waals surface area contributed by atoms with E-state index in [0.29, 0.717) is 71.8 Å². The largest absolute Gasteiger partial charge is 0.495 e. The second kappa shape index (κ2) is 21.5. The van der Waals surface area contributed by atoms with Crippen molar-refractivity contribution in [3.05, 3.63) is 112 Å². The first-order chi connectivity index (χ1) is 36.2. The number of piperazine rings is 1. The van der Waals surface area contributed by atoms with Crippen LogP contribution in [0.1, 0.15) is 67.6 Å². The number of hydrogen-bond acceptors (Lipinski definition) is 13. The van der Waals surface area contributed by atoms with Crippen LogP contribution < -0.4 is 30.7 Å². The zero-order valence-electron chi connectivity index (χ0n) is 43.6. The number of urea groups is 1. The number of fused-ring (bicyclic) bond motifs is 2. The number of nitrogens with one attached hydrogen (secondary N) is 3. The van der Waals surface area contributed by atoms with Crippen molar-refractivity contribution in [1.29, 1.82) is 0 Å². The molecule has 3 saturated heterocycles. The van der Waals surface area contributed by atoms with Crippen LogP contribution in [0, 0.1) is 5.92 Å². The van der Waals surface area contributed by atoms with Crippen molar-refractivity contribution in [3.63, 3.8) is 0 Å². The maximum atomic E-state index is 14.2. The van der Waals surface area contributed by atoms with E-state index >= 15 is 0 Å². The number of benzene rings is 3. The smallest absolute Gasteiger partial charge is 0.409 e. The predicted octanol–water partition coefficient (Wildman–Crippen LogP) is 6.09. The fourth-order valence-electron chi connectivity index (χ4n) is 10.9. The van der Waals surface area contributed by atoms with Crippen LogP contribution >= 0.6 is 0 Å². The van der Waals surface area contributed by atoms with Gasteiger partial charge >= 0.3 is 12.1 Å². The van der Waals surface area contributed by atoms with E-state index in [1.807, 2.05) is 66.7 Å². The van der Waals surface area contributed by atoms with Gasteiger partial charge in [-0.05, 0) is 100 Å². The maximum absolute atomic E-state index is 14.2. The molecule has 19 heteroatoms. The van der Waals surface area contributed by atoms with Crippen LogP contribution in [0.4, 0.5) is 21.2 Å². The molecule has 6 aromatic rings. The molecule has 3 aromatic heterocycles. The van der Waals surface area contributed by atoms with E-state index in [1.165, 1.54) is 12.0 Å². The van der Waals surface area contributed by atoms with Crippen molar-refractivity contribution >= 4 is 57.4 Å². The van der Waals surface area contributed by atoms with E-state index in [1.54, 1.807) is 48.0 Å². The van der Waals surface area contributed by atoms with Gasteiger partial charge in [0.15, 0.2) is 5.60 Å². The summed E-state index contributed by atoms with van der Waals surface area (Å²) < 4.78 is 20.6. The summed E-state index contributed by atoms with van der Waals surface area (Å²) in [7, 11) is 6.83. The molecule has 4 aliphatic rings.